The first kappa shape index (κ1) is 14.3. The zero-order valence-corrected chi connectivity index (χ0v) is 12.6. The van der Waals surface area contributed by atoms with Crippen LogP contribution in [-0.4, -0.2) is 64.0 Å². The smallest absolute Gasteiger partial charge is 0.386 e. The van der Waals surface area contributed by atoms with Gasteiger partial charge in [-0.2, -0.15) is 0 Å². The molecule has 8 heteroatoms. The summed E-state index contributed by atoms with van der Waals surface area (Å²) in [5.41, 5.74) is 0. The second-order valence-electron chi connectivity index (χ2n) is 3.51. The monoisotopic (exact) mass is 267 g/mol. The Morgan fingerprint density at radius 3 is 1.81 bits per heavy atom. The molecule has 0 aromatic carbocycles. The van der Waals surface area contributed by atoms with Gasteiger partial charge in [0.25, 0.3) is 0 Å². The molecule has 1 aliphatic rings. The predicted octanol–water partition coefficient (Wildman–Crippen LogP) is 0.299. The van der Waals surface area contributed by atoms with Crippen LogP contribution < -0.4 is 0 Å². The number of hydrogen-bond acceptors (Lipinski definition) is 6. The molecular weight excluding hydrogens is 246 g/mol. The average molecular weight is 267 g/mol. The van der Waals surface area contributed by atoms with E-state index in [1.54, 1.807) is 35.5 Å². The normalized spacial score (nSPS) is 21.6. The molecule has 1 rings (SSSR count). The second-order valence-corrected chi connectivity index (χ2v) is 10.1. The van der Waals surface area contributed by atoms with Crippen molar-refractivity contribution in [3.63, 3.8) is 0 Å². The lowest BCUT2D eigenvalue weighted by Crippen LogP contribution is -2.69. The van der Waals surface area contributed by atoms with E-state index in [1.807, 2.05) is 0 Å². The molecule has 0 bridgehead atoms. The fourth-order valence-corrected chi connectivity index (χ4v) is 9.56. The van der Waals surface area contributed by atoms with Crippen molar-refractivity contribution in [1.82, 2.24) is 4.23 Å². The SMILES string of the molecule is CO[Si]1(OC)CCCN1[Si](OC)(OC)OC. The summed E-state index contributed by atoms with van der Waals surface area (Å²) in [7, 11) is 2.94. The standard InChI is InChI=1S/C8H21NO5Si2/c1-10-15(11-2)8-6-7-9(15)16(12-3,13-4)14-5/h6-8H2,1-5H3. The molecule has 0 radical (unpaired) electrons. The molecule has 0 aromatic heterocycles. The predicted molar refractivity (Wildman–Crippen MR) is 62.7 cm³/mol. The second kappa shape index (κ2) is 5.69. The Morgan fingerprint density at radius 1 is 0.938 bits per heavy atom. The van der Waals surface area contributed by atoms with Crippen LogP contribution in [0.4, 0.5) is 0 Å². The lowest BCUT2D eigenvalue weighted by atomic mass is 10.5. The van der Waals surface area contributed by atoms with Crippen LogP contribution in [0.2, 0.25) is 6.04 Å². The lowest BCUT2D eigenvalue weighted by Gasteiger charge is -2.40. The summed E-state index contributed by atoms with van der Waals surface area (Å²) >= 11 is 0. The number of hydrogen-bond donors (Lipinski definition) is 0. The zero-order valence-electron chi connectivity index (χ0n) is 10.6. The van der Waals surface area contributed by atoms with Gasteiger partial charge in [0.05, 0.1) is 0 Å². The molecule has 1 saturated heterocycles. The molecule has 0 spiro atoms. The summed E-state index contributed by atoms with van der Waals surface area (Å²) in [5.74, 6) is 0. The van der Waals surface area contributed by atoms with E-state index in [9.17, 15) is 0 Å². The molecule has 1 fully saturated rings. The maximum Gasteiger partial charge on any atom is 0.595 e. The first-order valence-corrected chi connectivity index (χ1v) is 8.82. The van der Waals surface area contributed by atoms with Gasteiger partial charge in [-0.1, -0.05) is 0 Å². The van der Waals surface area contributed by atoms with E-state index in [4.69, 9.17) is 22.1 Å². The van der Waals surface area contributed by atoms with Crippen LogP contribution in [0.5, 0.6) is 0 Å². The van der Waals surface area contributed by atoms with Gasteiger partial charge in [-0.05, 0) is 13.0 Å². The van der Waals surface area contributed by atoms with Crippen LogP contribution in [0.15, 0.2) is 0 Å². The third-order valence-electron chi connectivity index (χ3n) is 3.03. The summed E-state index contributed by atoms with van der Waals surface area (Å²) in [4.78, 5) is 0. The van der Waals surface area contributed by atoms with E-state index in [-0.39, 0.29) is 0 Å². The van der Waals surface area contributed by atoms with Crippen molar-refractivity contribution in [2.75, 3.05) is 42.1 Å². The van der Waals surface area contributed by atoms with Gasteiger partial charge in [-0.15, -0.1) is 0 Å². The van der Waals surface area contributed by atoms with E-state index in [2.05, 4.69) is 4.23 Å². The Bertz CT molecular complexity index is 214. The van der Waals surface area contributed by atoms with Crippen molar-refractivity contribution in [2.24, 2.45) is 0 Å². The van der Waals surface area contributed by atoms with Crippen LogP contribution in [0.25, 0.3) is 0 Å². The topological polar surface area (TPSA) is 49.4 Å². The van der Waals surface area contributed by atoms with Crippen molar-refractivity contribution in [3.05, 3.63) is 0 Å². The van der Waals surface area contributed by atoms with Crippen LogP contribution in [0.3, 0.4) is 0 Å². The Hall–Kier alpha value is 0.194. The van der Waals surface area contributed by atoms with Gasteiger partial charge in [-0.3, -0.25) is 0 Å². The van der Waals surface area contributed by atoms with Gasteiger partial charge >= 0.3 is 17.7 Å². The molecule has 0 unspecified atom stereocenters. The van der Waals surface area contributed by atoms with Gasteiger partial charge in [0.15, 0.2) is 0 Å². The molecule has 6 nitrogen and oxygen atoms in total. The van der Waals surface area contributed by atoms with Crippen molar-refractivity contribution in [1.29, 1.82) is 0 Å². The molecule has 0 aromatic rings. The Balaban J connectivity index is 2.99. The van der Waals surface area contributed by atoms with Crippen molar-refractivity contribution in [3.8, 4) is 0 Å². The van der Waals surface area contributed by atoms with E-state index in [0.717, 1.165) is 19.0 Å². The molecule has 16 heavy (non-hydrogen) atoms. The van der Waals surface area contributed by atoms with Gasteiger partial charge < -0.3 is 22.1 Å². The highest BCUT2D eigenvalue weighted by Gasteiger charge is 2.62. The fraction of sp³-hybridized carbons (Fsp3) is 1.00. The van der Waals surface area contributed by atoms with Gasteiger partial charge in [-0.25, -0.2) is 4.23 Å². The molecule has 0 N–H and O–H groups in total. The van der Waals surface area contributed by atoms with E-state index >= 15 is 0 Å². The van der Waals surface area contributed by atoms with Gasteiger partial charge in [0.2, 0.25) is 0 Å². The van der Waals surface area contributed by atoms with Crippen LogP contribution >= 0.6 is 0 Å². The van der Waals surface area contributed by atoms with Gasteiger partial charge in [0, 0.05) is 41.6 Å². The highest BCUT2D eigenvalue weighted by atomic mass is 28.5. The molecule has 1 heterocycles. The minimum atomic E-state index is -2.82. The zero-order chi connectivity index (χ0) is 12.2. The van der Waals surface area contributed by atoms with Crippen LogP contribution in [-0.2, 0) is 22.1 Å². The molecule has 0 atom stereocenters. The third kappa shape index (κ3) is 2.11. The fourth-order valence-electron chi connectivity index (χ4n) is 2.20. The first-order valence-electron chi connectivity index (χ1n) is 5.18. The molecular formula is C8H21NO5Si2. The van der Waals surface area contributed by atoms with Crippen molar-refractivity contribution in [2.45, 2.75) is 12.5 Å². The highest BCUT2D eigenvalue weighted by molar-refractivity contribution is 6.79. The molecule has 0 aliphatic carbocycles. The van der Waals surface area contributed by atoms with E-state index < -0.39 is 17.7 Å². The minimum Gasteiger partial charge on any atom is -0.386 e. The summed E-state index contributed by atoms with van der Waals surface area (Å²) in [5, 5.41) is 0. The van der Waals surface area contributed by atoms with E-state index in [0.29, 0.717) is 0 Å². The number of nitrogens with zero attached hydrogens (tertiary/aromatic N) is 1. The third-order valence-corrected chi connectivity index (χ3v) is 10.6. The summed E-state index contributed by atoms with van der Waals surface area (Å²) < 4.78 is 29.7. The molecule has 96 valence electrons. The van der Waals surface area contributed by atoms with Gasteiger partial charge in [0.1, 0.15) is 0 Å². The summed E-state index contributed by atoms with van der Waals surface area (Å²) in [6, 6.07) is 0.908. The van der Waals surface area contributed by atoms with E-state index in [1.165, 1.54) is 0 Å². The van der Waals surface area contributed by atoms with Crippen LogP contribution in [0.1, 0.15) is 6.42 Å². The van der Waals surface area contributed by atoms with Crippen LogP contribution in [0, 0.1) is 0 Å². The number of rotatable bonds is 6. The molecule has 0 amide bonds. The van der Waals surface area contributed by atoms with Crippen molar-refractivity contribution >= 4 is 17.7 Å². The Kier molecular flexibility index (Phi) is 5.07. The first-order chi connectivity index (χ1) is 7.64. The lowest BCUT2D eigenvalue weighted by molar-refractivity contribution is 0.0650. The maximum atomic E-state index is 5.61. The largest absolute Gasteiger partial charge is 0.595 e. The maximum absolute atomic E-state index is 5.61. The average Bonchev–Trinajstić information content (AvgIpc) is 2.77. The van der Waals surface area contributed by atoms with Crippen molar-refractivity contribution < 1.29 is 22.1 Å². The Labute approximate surface area is 99.2 Å². The summed E-state index contributed by atoms with van der Waals surface area (Å²) in [6.45, 7) is 0.829. The quantitative estimate of drug-likeness (QED) is 0.645. The molecule has 0 saturated carbocycles. The summed E-state index contributed by atoms with van der Waals surface area (Å²) in [6.07, 6.45) is 1.01. The molecule has 1 aliphatic heterocycles. The highest BCUT2D eigenvalue weighted by Crippen LogP contribution is 2.32. The minimum absolute atomic E-state index is 0.829. The Morgan fingerprint density at radius 2 is 1.44 bits per heavy atom.